The minimum Gasteiger partial charge on any atom is -0.464 e. The van der Waals surface area contributed by atoms with Crippen LogP contribution in [0.15, 0.2) is 28.7 Å². The first kappa shape index (κ1) is 13.0. The van der Waals surface area contributed by atoms with Gasteiger partial charge in [-0.1, -0.05) is 15.9 Å². The Labute approximate surface area is 118 Å². The van der Waals surface area contributed by atoms with Gasteiger partial charge in [0.1, 0.15) is 0 Å². The third kappa shape index (κ3) is 3.54. The standard InChI is InChI=1S/C11H10BrClN4O/c1-2-18-11-16-9(13)15-10(17-11)14-8-5-3-7(12)4-6-8/h3-6H,2H2,1H3,(H,14,15,16,17). The molecule has 2 aromatic rings. The van der Waals surface area contributed by atoms with Crippen molar-refractivity contribution in [1.29, 1.82) is 0 Å². The second-order valence-electron chi connectivity index (χ2n) is 3.28. The van der Waals surface area contributed by atoms with Crippen LogP contribution in [0.1, 0.15) is 6.92 Å². The number of hydrogen-bond donors (Lipinski definition) is 1. The fraction of sp³-hybridized carbons (Fsp3) is 0.182. The van der Waals surface area contributed by atoms with Gasteiger partial charge in [0.05, 0.1) is 6.61 Å². The maximum Gasteiger partial charge on any atom is 0.322 e. The molecule has 1 N–H and O–H groups in total. The molecule has 0 spiro atoms. The molecule has 1 aromatic heterocycles. The number of halogens is 2. The van der Waals surface area contributed by atoms with Crippen molar-refractivity contribution in [2.45, 2.75) is 6.92 Å². The fourth-order valence-electron chi connectivity index (χ4n) is 1.24. The van der Waals surface area contributed by atoms with Gasteiger partial charge in [0.15, 0.2) is 0 Å². The van der Waals surface area contributed by atoms with E-state index in [0.717, 1.165) is 10.2 Å². The van der Waals surface area contributed by atoms with Gasteiger partial charge in [-0.05, 0) is 42.8 Å². The zero-order chi connectivity index (χ0) is 13.0. The van der Waals surface area contributed by atoms with Crippen molar-refractivity contribution in [3.8, 4) is 6.01 Å². The zero-order valence-electron chi connectivity index (χ0n) is 9.52. The summed E-state index contributed by atoms with van der Waals surface area (Å²) in [7, 11) is 0. The van der Waals surface area contributed by atoms with E-state index in [2.05, 4.69) is 36.2 Å². The second-order valence-corrected chi connectivity index (χ2v) is 4.53. The van der Waals surface area contributed by atoms with Crippen LogP contribution >= 0.6 is 27.5 Å². The molecule has 0 radical (unpaired) electrons. The molecular formula is C11H10BrClN4O. The number of nitrogens with zero attached hydrogens (tertiary/aromatic N) is 3. The van der Waals surface area contributed by atoms with Gasteiger partial charge < -0.3 is 10.1 Å². The Balaban J connectivity index is 2.20. The summed E-state index contributed by atoms with van der Waals surface area (Å²) in [6, 6.07) is 7.81. The topological polar surface area (TPSA) is 59.9 Å². The summed E-state index contributed by atoms with van der Waals surface area (Å²) in [5.74, 6) is 0.348. The summed E-state index contributed by atoms with van der Waals surface area (Å²) in [5, 5.41) is 3.11. The summed E-state index contributed by atoms with van der Waals surface area (Å²) in [5.41, 5.74) is 0.850. The molecule has 0 aliphatic carbocycles. The SMILES string of the molecule is CCOc1nc(Cl)nc(Nc2ccc(Br)cc2)n1. The van der Waals surface area contributed by atoms with Crippen LogP contribution in [0, 0.1) is 0 Å². The number of nitrogens with one attached hydrogen (secondary N) is 1. The number of anilines is 2. The molecule has 5 nitrogen and oxygen atoms in total. The maximum absolute atomic E-state index is 5.79. The lowest BCUT2D eigenvalue weighted by atomic mass is 10.3. The Kier molecular flexibility index (Phi) is 4.33. The molecule has 0 bridgehead atoms. The lowest BCUT2D eigenvalue weighted by molar-refractivity contribution is 0.312. The molecule has 0 amide bonds. The number of ether oxygens (including phenoxy) is 1. The van der Waals surface area contributed by atoms with Crippen LogP contribution < -0.4 is 10.1 Å². The Morgan fingerprint density at radius 2 is 1.94 bits per heavy atom. The Morgan fingerprint density at radius 3 is 2.61 bits per heavy atom. The summed E-state index contributed by atoms with van der Waals surface area (Å²) in [6.07, 6.45) is 0. The summed E-state index contributed by atoms with van der Waals surface area (Å²) < 4.78 is 6.19. The van der Waals surface area contributed by atoms with Crippen molar-refractivity contribution in [2.24, 2.45) is 0 Å². The van der Waals surface area contributed by atoms with E-state index in [0.29, 0.717) is 12.6 Å². The normalized spacial score (nSPS) is 10.2. The zero-order valence-corrected chi connectivity index (χ0v) is 11.9. The van der Waals surface area contributed by atoms with E-state index < -0.39 is 0 Å². The number of hydrogen-bond acceptors (Lipinski definition) is 5. The molecule has 0 unspecified atom stereocenters. The van der Waals surface area contributed by atoms with Crippen molar-refractivity contribution in [3.05, 3.63) is 34.0 Å². The van der Waals surface area contributed by atoms with Crippen LogP contribution in [-0.4, -0.2) is 21.6 Å². The highest BCUT2D eigenvalue weighted by Crippen LogP contribution is 2.19. The lowest BCUT2D eigenvalue weighted by Gasteiger charge is -2.06. The Hall–Kier alpha value is -1.40. The Morgan fingerprint density at radius 1 is 1.22 bits per heavy atom. The van der Waals surface area contributed by atoms with E-state index in [1.807, 2.05) is 31.2 Å². The van der Waals surface area contributed by atoms with Gasteiger partial charge in [0, 0.05) is 10.2 Å². The van der Waals surface area contributed by atoms with Crippen molar-refractivity contribution < 1.29 is 4.74 Å². The predicted molar refractivity (Wildman–Crippen MR) is 73.4 cm³/mol. The molecule has 7 heteroatoms. The fourth-order valence-corrected chi connectivity index (χ4v) is 1.66. The lowest BCUT2D eigenvalue weighted by Crippen LogP contribution is -2.03. The largest absolute Gasteiger partial charge is 0.464 e. The first-order valence-corrected chi connectivity index (χ1v) is 6.41. The average Bonchev–Trinajstić information content (AvgIpc) is 2.32. The summed E-state index contributed by atoms with van der Waals surface area (Å²) in [4.78, 5) is 11.9. The quantitative estimate of drug-likeness (QED) is 0.931. The van der Waals surface area contributed by atoms with Crippen molar-refractivity contribution in [3.63, 3.8) is 0 Å². The van der Waals surface area contributed by atoms with Gasteiger partial charge in [-0.2, -0.15) is 15.0 Å². The van der Waals surface area contributed by atoms with E-state index in [4.69, 9.17) is 16.3 Å². The van der Waals surface area contributed by atoms with E-state index in [-0.39, 0.29) is 11.3 Å². The molecule has 0 saturated carbocycles. The molecule has 2 rings (SSSR count). The van der Waals surface area contributed by atoms with E-state index in [1.165, 1.54) is 0 Å². The molecule has 94 valence electrons. The number of aromatic nitrogens is 3. The van der Waals surface area contributed by atoms with Crippen LogP contribution in [0.2, 0.25) is 5.28 Å². The minimum atomic E-state index is 0.0908. The van der Waals surface area contributed by atoms with Crippen molar-refractivity contribution in [2.75, 3.05) is 11.9 Å². The van der Waals surface area contributed by atoms with Gasteiger partial charge >= 0.3 is 6.01 Å². The monoisotopic (exact) mass is 328 g/mol. The van der Waals surface area contributed by atoms with Crippen LogP contribution in [0.25, 0.3) is 0 Å². The Bertz CT molecular complexity index is 535. The molecule has 1 aromatic carbocycles. The molecule has 1 heterocycles. The number of benzene rings is 1. The minimum absolute atomic E-state index is 0.0908. The smallest absolute Gasteiger partial charge is 0.322 e. The third-order valence-corrected chi connectivity index (χ3v) is 2.66. The van der Waals surface area contributed by atoms with Gasteiger partial charge in [-0.3, -0.25) is 0 Å². The third-order valence-electron chi connectivity index (χ3n) is 1.96. The highest BCUT2D eigenvalue weighted by atomic mass is 79.9. The molecule has 0 aliphatic rings. The number of rotatable bonds is 4. The molecule has 0 atom stereocenters. The van der Waals surface area contributed by atoms with Crippen LogP contribution in [0.3, 0.4) is 0 Å². The maximum atomic E-state index is 5.79. The molecule has 0 fully saturated rings. The molecule has 0 saturated heterocycles. The van der Waals surface area contributed by atoms with Crippen LogP contribution in [-0.2, 0) is 0 Å². The summed E-state index contributed by atoms with van der Waals surface area (Å²) in [6.45, 7) is 2.32. The predicted octanol–water partition coefficient (Wildman–Crippen LogP) is 3.43. The van der Waals surface area contributed by atoms with Crippen LogP contribution in [0.4, 0.5) is 11.6 Å². The second kappa shape index (κ2) is 5.97. The summed E-state index contributed by atoms with van der Waals surface area (Å²) >= 11 is 9.15. The van der Waals surface area contributed by atoms with Crippen molar-refractivity contribution in [1.82, 2.24) is 15.0 Å². The van der Waals surface area contributed by atoms with Gasteiger partial charge in [0.2, 0.25) is 11.2 Å². The molecule has 18 heavy (non-hydrogen) atoms. The molecular weight excluding hydrogens is 320 g/mol. The van der Waals surface area contributed by atoms with Crippen molar-refractivity contribution >= 4 is 39.2 Å². The average molecular weight is 330 g/mol. The van der Waals surface area contributed by atoms with Crippen LogP contribution in [0.5, 0.6) is 6.01 Å². The molecule has 0 aliphatic heterocycles. The van der Waals surface area contributed by atoms with Gasteiger partial charge in [0.25, 0.3) is 0 Å². The highest BCUT2D eigenvalue weighted by molar-refractivity contribution is 9.10. The first-order chi connectivity index (χ1) is 8.67. The van der Waals surface area contributed by atoms with E-state index in [1.54, 1.807) is 0 Å². The van der Waals surface area contributed by atoms with E-state index in [9.17, 15) is 0 Å². The first-order valence-electron chi connectivity index (χ1n) is 5.24. The van der Waals surface area contributed by atoms with E-state index >= 15 is 0 Å². The van der Waals surface area contributed by atoms with Gasteiger partial charge in [-0.25, -0.2) is 0 Å². The highest BCUT2D eigenvalue weighted by Gasteiger charge is 2.05. The van der Waals surface area contributed by atoms with Gasteiger partial charge in [-0.15, -0.1) is 0 Å².